The van der Waals surface area contributed by atoms with Crippen LogP contribution >= 0.6 is 0 Å². The van der Waals surface area contributed by atoms with Gasteiger partial charge < -0.3 is 15.3 Å². The molecule has 144 valence electrons. The molecule has 4 heteroatoms. The third-order valence-corrected chi connectivity index (χ3v) is 8.79. The Morgan fingerprint density at radius 3 is 2.62 bits per heavy atom. The van der Waals surface area contributed by atoms with Crippen LogP contribution in [0, 0.1) is 28.6 Å². The van der Waals surface area contributed by atoms with Gasteiger partial charge in [0.05, 0.1) is 11.7 Å². The number of aliphatic carboxylic acids is 1. The second-order valence-corrected chi connectivity index (χ2v) is 9.75. The summed E-state index contributed by atoms with van der Waals surface area (Å²) in [5.74, 6) is 0.632. The minimum atomic E-state index is -1.01. The highest BCUT2D eigenvalue weighted by molar-refractivity contribution is 5.80. The third kappa shape index (κ3) is 2.45. The van der Waals surface area contributed by atoms with Crippen LogP contribution in [0.15, 0.2) is 23.8 Å². The van der Waals surface area contributed by atoms with Crippen LogP contribution < -0.4 is 0 Å². The van der Waals surface area contributed by atoms with E-state index in [0.29, 0.717) is 24.2 Å². The summed E-state index contributed by atoms with van der Waals surface area (Å²) in [6.07, 6.45) is 12.4. The zero-order valence-corrected chi connectivity index (χ0v) is 15.9. The van der Waals surface area contributed by atoms with E-state index >= 15 is 0 Å². The molecule has 3 fully saturated rings. The van der Waals surface area contributed by atoms with E-state index in [-0.39, 0.29) is 16.9 Å². The summed E-state index contributed by atoms with van der Waals surface area (Å²) in [5.41, 5.74) is 0.409. The van der Waals surface area contributed by atoms with Crippen molar-refractivity contribution in [2.45, 2.75) is 76.9 Å². The van der Waals surface area contributed by atoms with Gasteiger partial charge in [-0.05, 0) is 80.6 Å². The fraction of sp³-hybridized carbons (Fsp3) is 0.773. The number of rotatable bonds is 2. The molecule has 0 amide bonds. The van der Waals surface area contributed by atoms with Crippen LogP contribution in [0.25, 0.3) is 0 Å². The summed E-state index contributed by atoms with van der Waals surface area (Å²) < 4.78 is 0. The quantitative estimate of drug-likeness (QED) is 0.518. The molecule has 0 aromatic rings. The fourth-order valence-electron chi connectivity index (χ4n) is 7.18. The van der Waals surface area contributed by atoms with Gasteiger partial charge in [-0.1, -0.05) is 25.5 Å². The van der Waals surface area contributed by atoms with Gasteiger partial charge in [-0.15, -0.1) is 0 Å². The lowest BCUT2D eigenvalue weighted by Gasteiger charge is -2.58. The van der Waals surface area contributed by atoms with E-state index in [0.717, 1.165) is 51.0 Å². The van der Waals surface area contributed by atoms with Gasteiger partial charge in [-0.3, -0.25) is 0 Å². The molecule has 0 aromatic heterocycles. The standard InChI is InChI=1S/C22H32O4/c1-20-9-5-15(23)13-14(20)3-4-16-17(20)6-10-21(2)18(16)7-11-22(21,26)12-8-19(24)25/h3,8,12,15-18,23,26H,4-7,9-11,13H2,1-2H3,(H,24,25)/t15-,16+,17-,18-,20-,21-,22+/m0/s1. The van der Waals surface area contributed by atoms with E-state index in [1.807, 2.05) is 0 Å². The minimum Gasteiger partial charge on any atom is -0.478 e. The molecule has 0 spiro atoms. The highest BCUT2D eigenvalue weighted by Gasteiger charge is 2.62. The molecule has 0 saturated heterocycles. The highest BCUT2D eigenvalue weighted by atomic mass is 16.4. The first-order valence-electron chi connectivity index (χ1n) is 10.2. The Labute approximate surface area is 156 Å². The Morgan fingerprint density at radius 1 is 1.15 bits per heavy atom. The Morgan fingerprint density at radius 2 is 1.88 bits per heavy atom. The summed E-state index contributed by atoms with van der Waals surface area (Å²) in [6, 6.07) is 0. The summed E-state index contributed by atoms with van der Waals surface area (Å²) in [4.78, 5) is 11.0. The highest BCUT2D eigenvalue weighted by Crippen LogP contribution is 2.67. The molecule has 0 radical (unpaired) electrons. The number of aliphatic hydroxyl groups is 2. The zero-order valence-electron chi connectivity index (χ0n) is 15.9. The van der Waals surface area contributed by atoms with Gasteiger partial charge in [-0.2, -0.15) is 0 Å². The Bertz CT molecular complexity index is 667. The monoisotopic (exact) mass is 360 g/mol. The van der Waals surface area contributed by atoms with Crippen LogP contribution in [-0.4, -0.2) is 33.0 Å². The van der Waals surface area contributed by atoms with Crippen LogP contribution in [0.3, 0.4) is 0 Å². The second-order valence-electron chi connectivity index (χ2n) is 9.75. The Balaban J connectivity index is 1.65. The fourth-order valence-corrected chi connectivity index (χ4v) is 7.18. The number of carboxylic acid groups (broad SMARTS) is 1. The molecule has 4 aliphatic rings. The van der Waals surface area contributed by atoms with Crippen molar-refractivity contribution < 1.29 is 20.1 Å². The van der Waals surface area contributed by atoms with E-state index in [2.05, 4.69) is 19.9 Å². The van der Waals surface area contributed by atoms with Gasteiger partial charge in [0, 0.05) is 11.5 Å². The minimum absolute atomic E-state index is 0.183. The Kier molecular flexibility index (Phi) is 4.16. The predicted octanol–water partition coefficient (Wildman–Crippen LogP) is 3.68. The molecule has 7 atom stereocenters. The largest absolute Gasteiger partial charge is 0.478 e. The lowest BCUT2D eigenvalue weighted by atomic mass is 9.47. The molecule has 3 saturated carbocycles. The molecular formula is C22H32O4. The first-order valence-corrected chi connectivity index (χ1v) is 10.2. The maximum atomic E-state index is 11.3. The maximum absolute atomic E-state index is 11.3. The van der Waals surface area contributed by atoms with E-state index < -0.39 is 11.6 Å². The van der Waals surface area contributed by atoms with E-state index in [1.54, 1.807) is 6.08 Å². The van der Waals surface area contributed by atoms with Gasteiger partial charge in [0.2, 0.25) is 0 Å². The zero-order chi connectivity index (χ0) is 18.7. The molecule has 0 unspecified atom stereocenters. The molecular weight excluding hydrogens is 328 g/mol. The number of allylic oxidation sites excluding steroid dienone is 1. The molecule has 4 nitrogen and oxygen atoms in total. The number of aliphatic hydroxyl groups excluding tert-OH is 1. The van der Waals surface area contributed by atoms with E-state index in [9.17, 15) is 15.0 Å². The number of carboxylic acids is 1. The van der Waals surface area contributed by atoms with Gasteiger partial charge in [0.25, 0.3) is 0 Å². The van der Waals surface area contributed by atoms with Crippen LogP contribution in [0.1, 0.15) is 65.2 Å². The SMILES string of the molecule is C[C@]12CC[C@H](O)CC1=CC[C@@H]1[C@@H]2CC[C@@]2(C)[C@H]1CC[C@@]2(O)C=CC(=O)O. The normalized spacial score (nSPS) is 50.7. The van der Waals surface area contributed by atoms with Crippen molar-refractivity contribution in [3.05, 3.63) is 23.8 Å². The average molecular weight is 360 g/mol. The summed E-state index contributed by atoms with van der Waals surface area (Å²) >= 11 is 0. The van der Waals surface area contributed by atoms with Crippen molar-refractivity contribution in [2.24, 2.45) is 28.6 Å². The van der Waals surface area contributed by atoms with Gasteiger partial charge >= 0.3 is 5.97 Å². The number of hydrogen-bond acceptors (Lipinski definition) is 3. The molecule has 0 aromatic carbocycles. The average Bonchev–Trinajstić information content (AvgIpc) is 2.86. The second kappa shape index (κ2) is 5.93. The molecule has 26 heavy (non-hydrogen) atoms. The lowest BCUT2D eigenvalue weighted by Crippen LogP contribution is -2.54. The molecule has 0 aliphatic heterocycles. The first kappa shape index (κ1) is 18.2. The van der Waals surface area contributed by atoms with Crippen LogP contribution in [0.4, 0.5) is 0 Å². The van der Waals surface area contributed by atoms with Gasteiger partial charge in [-0.25, -0.2) is 4.79 Å². The molecule has 0 bridgehead atoms. The molecule has 4 aliphatic carbocycles. The topological polar surface area (TPSA) is 77.8 Å². The third-order valence-electron chi connectivity index (χ3n) is 8.79. The van der Waals surface area contributed by atoms with Crippen molar-refractivity contribution in [3.8, 4) is 0 Å². The molecule has 0 heterocycles. The van der Waals surface area contributed by atoms with Crippen molar-refractivity contribution >= 4 is 5.97 Å². The molecule has 4 rings (SSSR count). The van der Waals surface area contributed by atoms with Gasteiger partial charge in [0.15, 0.2) is 0 Å². The van der Waals surface area contributed by atoms with Crippen molar-refractivity contribution in [1.29, 1.82) is 0 Å². The van der Waals surface area contributed by atoms with Crippen molar-refractivity contribution in [3.63, 3.8) is 0 Å². The van der Waals surface area contributed by atoms with E-state index in [4.69, 9.17) is 5.11 Å². The summed E-state index contributed by atoms with van der Waals surface area (Å²) in [7, 11) is 0. The Hall–Kier alpha value is -1.13. The maximum Gasteiger partial charge on any atom is 0.328 e. The van der Waals surface area contributed by atoms with Crippen molar-refractivity contribution in [2.75, 3.05) is 0 Å². The number of hydrogen-bond donors (Lipinski definition) is 3. The first-order chi connectivity index (χ1) is 12.2. The van der Waals surface area contributed by atoms with E-state index in [1.165, 1.54) is 5.57 Å². The van der Waals surface area contributed by atoms with Crippen molar-refractivity contribution in [1.82, 2.24) is 0 Å². The predicted molar refractivity (Wildman–Crippen MR) is 99.4 cm³/mol. The summed E-state index contributed by atoms with van der Waals surface area (Å²) in [6.45, 7) is 4.58. The smallest absolute Gasteiger partial charge is 0.328 e. The van der Waals surface area contributed by atoms with Gasteiger partial charge in [0.1, 0.15) is 0 Å². The van der Waals surface area contributed by atoms with Crippen LogP contribution in [0.5, 0.6) is 0 Å². The molecule has 3 N–H and O–H groups in total. The number of fused-ring (bicyclic) bond motifs is 5. The van der Waals surface area contributed by atoms with Crippen LogP contribution in [0.2, 0.25) is 0 Å². The summed E-state index contributed by atoms with van der Waals surface area (Å²) in [5, 5.41) is 30.4. The lowest BCUT2D eigenvalue weighted by molar-refractivity contribution is -0.131. The van der Waals surface area contributed by atoms with Crippen LogP contribution in [-0.2, 0) is 4.79 Å². The number of carbonyl (C=O) groups is 1.